The highest BCUT2D eigenvalue weighted by atomic mass is 16.5. The minimum atomic E-state index is 0.564. The molecule has 2 rings (SSSR count). The Balaban J connectivity index is 1.66. The first-order chi connectivity index (χ1) is 10.4. The zero-order valence-corrected chi connectivity index (χ0v) is 12.2. The highest BCUT2D eigenvalue weighted by molar-refractivity contribution is 5.46. The topological polar surface area (TPSA) is 39.7 Å². The van der Waals surface area contributed by atoms with Gasteiger partial charge in [-0.1, -0.05) is 18.2 Å². The van der Waals surface area contributed by atoms with E-state index in [9.17, 15) is 0 Å². The summed E-state index contributed by atoms with van der Waals surface area (Å²) in [7, 11) is 1.66. The fraction of sp³-hybridized carbons (Fsp3) is 0.294. The third-order valence-electron chi connectivity index (χ3n) is 2.85. The lowest BCUT2D eigenvalue weighted by Gasteiger charge is -2.10. The van der Waals surface area contributed by atoms with Crippen LogP contribution in [0.5, 0.6) is 11.5 Å². The molecule has 21 heavy (non-hydrogen) atoms. The number of hydrogen-bond acceptors (Lipinski definition) is 4. The Hall–Kier alpha value is -2.20. The van der Waals surface area contributed by atoms with Gasteiger partial charge in [-0.25, -0.2) is 0 Å². The lowest BCUT2D eigenvalue weighted by atomic mass is 10.3. The molecule has 112 valence electrons. The maximum absolute atomic E-state index is 5.62. The van der Waals surface area contributed by atoms with Crippen molar-refractivity contribution < 1.29 is 14.2 Å². The van der Waals surface area contributed by atoms with Crippen molar-refractivity contribution in [3.63, 3.8) is 0 Å². The van der Waals surface area contributed by atoms with Crippen molar-refractivity contribution in [2.24, 2.45) is 0 Å². The van der Waals surface area contributed by atoms with Crippen LogP contribution in [0.15, 0.2) is 54.6 Å². The highest BCUT2D eigenvalue weighted by Crippen LogP contribution is 2.15. The van der Waals surface area contributed by atoms with Gasteiger partial charge in [0.15, 0.2) is 0 Å². The van der Waals surface area contributed by atoms with E-state index in [0.29, 0.717) is 19.8 Å². The average Bonchev–Trinajstić information content (AvgIpc) is 2.54. The van der Waals surface area contributed by atoms with E-state index in [1.54, 1.807) is 7.11 Å². The molecule has 0 heterocycles. The molecule has 0 spiro atoms. The quantitative estimate of drug-likeness (QED) is 0.719. The molecule has 0 unspecified atom stereocenters. The number of benzene rings is 2. The van der Waals surface area contributed by atoms with Crippen molar-refractivity contribution in [3.8, 4) is 11.5 Å². The standard InChI is InChI=1S/C17H21NO3/c1-19-13-14-21-17-9-7-15(8-10-17)18-11-12-20-16-5-3-2-4-6-16/h2-10,18H,11-14H2,1H3. The molecule has 0 bridgehead atoms. The summed E-state index contributed by atoms with van der Waals surface area (Å²) in [6, 6.07) is 17.7. The minimum absolute atomic E-state index is 0.564. The van der Waals surface area contributed by atoms with E-state index in [0.717, 1.165) is 23.7 Å². The maximum Gasteiger partial charge on any atom is 0.119 e. The minimum Gasteiger partial charge on any atom is -0.492 e. The van der Waals surface area contributed by atoms with E-state index in [1.807, 2.05) is 54.6 Å². The molecule has 1 N–H and O–H groups in total. The second kappa shape index (κ2) is 8.87. The van der Waals surface area contributed by atoms with Crippen molar-refractivity contribution in [1.82, 2.24) is 0 Å². The number of anilines is 1. The molecule has 0 aliphatic heterocycles. The highest BCUT2D eigenvalue weighted by Gasteiger charge is 1.96. The maximum atomic E-state index is 5.62. The first-order valence-corrected chi connectivity index (χ1v) is 7.02. The zero-order valence-electron chi connectivity index (χ0n) is 12.2. The molecular weight excluding hydrogens is 266 g/mol. The van der Waals surface area contributed by atoms with Crippen LogP contribution in [0.2, 0.25) is 0 Å². The second-order valence-corrected chi connectivity index (χ2v) is 4.45. The van der Waals surface area contributed by atoms with Gasteiger partial charge >= 0.3 is 0 Å². The molecular formula is C17H21NO3. The first-order valence-electron chi connectivity index (χ1n) is 7.02. The van der Waals surface area contributed by atoms with E-state index in [2.05, 4.69) is 5.32 Å². The van der Waals surface area contributed by atoms with Gasteiger partial charge in [-0.15, -0.1) is 0 Å². The van der Waals surface area contributed by atoms with E-state index in [-0.39, 0.29) is 0 Å². The number of rotatable bonds is 9. The Kier molecular flexibility index (Phi) is 6.42. The monoisotopic (exact) mass is 287 g/mol. The van der Waals surface area contributed by atoms with E-state index < -0.39 is 0 Å². The molecule has 2 aromatic rings. The van der Waals surface area contributed by atoms with Crippen molar-refractivity contribution >= 4 is 5.69 Å². The van der Waals surface area contributed by atoms with E-state index in [1.165, 1.54) is 0 Å². The third-order valence-corrected chi connectivity index (χ3v) is 2.85. The lowest BCUT2D eigenvalue weighted by Crippen LogP contribution is -2.11. The van der Waals surface area contributed by atoms with Crippen LogP contribution in [-0.4, -0.2) is 33.5 Å². The predicted molar refractivity (Wildman–Crippen MR) is 84.2 cm³/mol. The zero-order chi connectivity index (χ0) is 14.8. The normalized spacial score (nSPS) is 10.1. The molecule has 0 amide bonds. The van der Waals surface area contributed by atoms with Gasteiger partial charge in [-0.3, -0.25) is 0 Å². The van der Waals surface area contributed by atoms with Crippen LogP contribution < -0.4 is 14.8 Å². The summed E-state index contributed by atoms with van der Waals surface area (Å²) >= 11 is 0. The molecule has 0 fully saturated rings. The first kappa shape index (κ1) is 15.2. The summed E-state index contributed by atoms with van der Waals surface area (Å²) in [6.07, 6.45) is 0. The van der Waals surface area contributed by atoms with E-state index in [4.69, 9.17) is 14.2 Å². The summed E-state index contributed by atoms with van der Waals surface area (Å²) in [5.41, 5.74) is 1.05. The molecule has 0 saturated carbocycles. The Morgan fingerprint density at radius 2 is 1.43 bits per heavy atom. The van der Waals surface area contributed by atoms with Gasteiger partial charge in [0.05, 0.1) is 6.61 Å². The number of para-hydroxylation sites is 1. The molecule has 0 saturated heterocycles. The largest absolute Gasteiger partial charge is 0.492 e. The molecule has 0 atom stereocenters. The summed E-state index contributed by atoms with van der Waals surface area (Å²) in [6.45, 7) is 2.53. The summed E-state index contributed by atoms with van der Waals surface area (Å²) < 4.78 is 16.1. The Bertz CT molecular complexity index is 499. The number of methoxy groups -OCH3 is 1. The van der Waals surface area contributed by atoms with Gasteiger partial charge in [0.1, 0.15) is 24.7 Å². The Labute approximate surface area is 125 Å². The van der Waals surface area contributed by atoms with Crippen LogP contribution in [0.25, 0.3) is 0 Å². The van der Waals surface area contributed by atoms with Gasteiger partial charge in [-0.2, -0.15) is 0 Å². The van der Waals surface area contributed by atoms with Crippen molar-refractivity contribution in [1.29, 1.82) is 0 Å². The molecule has 0 aliphatic rings. The lowest BCUT2D eigenvalue weighted by molar-refractivity contribution is 0.146. The van der Waals surface area contributed by atoms with Crippen LogP contribution in [0.1, 0.15) is 0 Å². The Morgan fingerprint density at radius 3 is 2.14 bits per heavy atom. The fourth-order valence-electron chi connectivity index (χ4n) is 1.79. The van der Waals surface area contributed by atoms with Crippen LogP contribution in [-0.2, 0) is 4.74 Å². The number of ether oxygens (including phenoxy) is 3. The summed E-state index contributed by atoms with van der Waals surface area (Å²) in [5.74, 6) is 1.74. The van der Waals surface area contributed by atoms with Gasteiger partial charge in [0.25, 0.3) is 0 Å². The van der Waals surface area contributed by atoms with Crippen molar-refractivity contribution in [3.05, 3.63) is 54.6 Å². The van der Waals surface area contributed by atoms with Crippen molar-refractivity contribution in [2.75, 3.05) is 38.8 Å². The molecule has 4 heteroatoms. The molecule has 0 aromatic heterocycles. The summed E-state index contributed by atoms with van der Waals surface area (Å²) in [4.78, 5) is 0. The second-order valence-electron chi connectivity index (χ2n) is 4.45. The Morgan fingerprint density at radius 1 is 0.762 bits per heavy atom. The number of hydrogen-bond donors (Lipinski definition) is 1. The van der Waals surface area contributed by atoms with Crippen LogP contribution in [0, 0.1) is 0 Å². The van der Waals surface area contributed by atoms with Gasteiger partial charge < -0.3 is 19.5 Å². The SMILES string of the molecule is COCCOc1ccc(NCCOc2ccccc2)cc1. The smallest absolute Gasteiger partial charge is 0.119 e. The average molecular weight is 287 g/mol. The van der Waals surface area contributed by atoms with Gasteiger partial charge in [-0.05, 0) is 36.4 Å². The fourth-order valence-corrected chi connectivity index (χ4v) is 1.79. The van der Waals surface area contributed by atoms with Gasteiger partial charge in [0, 0.05) is 19.3 Å². The predicted octanol–water partition coefficient (Wildman–Crippen LogP) is 3.20. The van der Waals surface area contributed by atoms with E-state index >= 15 is 0 Å². The van der Waals surface area contributed by atoms with Gasteiger partial charge in [0.2, 0.25) is 0 Å². The third kappa shape index (κ3) is 5.75. The number of nitrogens with one attached hydrogen (secondary N) is 1. The van der Waals surface area contributed by atoms with Crippen LogP contribution in [0.4, 0.5) is 5.69 Å². The van der Waals surface area contributed by atoms with Crippen molar-refractivity contribution in [2.45, 2.75) is 0 Å². The van der Waals surface area contributed by atoms with Crippen LogP contribution in [0.3, 0.4) is 0 Å². The molecule has 4 nitrogen and oxygen atoms in total. The van der Waals surface area contributed by atoms with Crippen LogP contribution >= 0.6 is 0 Å². The molecule has 0 aliphatic carbocycles. The summed E-state index contributed by atoms with van der Waals surface area (Å²) in [5, 5.41) is 3.30. The molecule has 0 radical (unpaired) electrons. The molecule has 2 aromatic carbocycles.